The van der Waals surface area contributed by atoms with E-state index < -0.39 is 0 Å². The summed E-state index contributed by atoms with van der Waals surface area (Å²) < 4.78 is 5.32. The van der Waals surface area contributed by atoms with Crippen LogP contribution in [0.2, 0.25) is 0 Å². The fourth-order valence-corrected chi connectivity index (χ4v) is 0.631. The molecular weight excluding hydrogens is 150 g/mol. The molecule has 0 saturated heterocycles. The Morgan fingerprint density at radius 1 is 1.58 bits per heavy atom. The summed E-state index contributed by atoms with van der Waals surface area (Å²) in [4.78, 5) is 0. The summed E-state index contributed by atoms with van der Waals surface area (Å²) in [5.41, 5.74) is 0.900. The molecule has 0 aromatic carbocycles. The van der Waals surface area contributed by atoms with E-state index in [2.05, 4.69) is 20.4 Å². The van der Waals surface area contributed by atoms with Crippen molar-refractivity contribution in [3.05, 3.63) is 24.0 Å². The first kappa shape index (κ1) is 11.0. The molecule has 0 saturated carbocycles. The Hall–Kier alpha value is -1.05. The van der Waals surface area contributed by atoms with Crippen LogP contribution < -0.4 is 0 Å². The quantitative estimate of drug-likeness (QED) is 0.381. The zero-order chi connectivity index (χ0) is 9.56. The van der Waals surface area contributed by atoms with E-state index in [4.69, 9.17) is 10.1 Å². The van der Waals surface area contributed by atoms with Gasteiger partial charge in [-0.25, -0.2) is 0 Å². The molecule has 0 spiro atoms. The predicted molar refractivity (Wildman–Crippen MR) is 52.5 cm³/mol. The van der Waals surface area contributed by atoms with Crippen molar-refractivity contribution in [2.24, 2.45) is 5.92 Å². The average Bonchev–Trinajstić information content (AvgIpc) is 1.97. The zero-order valence-corrected chi connectivity index (χ0v) is 8.05. The summed E-state index contributed by atoms with van der Waals surface area (Å²) >= 11 is 0. The lowest BCUT2D eigenvalue weighted by Gasteiger charge is -2.08. The SMILES string of the molecule is C=C(C)/C=C(\C=N)OCC(C)C. The maximum atomic E-state index is 7.04. The van der Waals surface area contributed by atoms with Gasteiger partial charge in [-0.3, -0.25) is 0 Å². The standard InChI is InChI=1S/C10H17NO/c1-8(2)5-10(6-11)12-7-9(3)4/h5-6,9,11H,1,7H2,2-4H3/b10-5+,11-6?. The van der Waals surface area contributed by atoms with Crippen LogP contribution in [-0.4, -0.2) is 12.8 Å². The molecule has 0 aliphatic heterocycles. The second-order valence-electron chi connectivity index (χ2n) is 3.24. The van der Waals surface area contributed by atoms with Gasteiger partial charge in [0.25, 0.3) is 0 Å². The number of allylic oxidation sites excluding steroid dienone is 3. The van der Waals surface area contributed by atoms with Crippen molar-refractivity contribution in [3.8, 4) is 0 Å². The van der Waals surface area contributed by atoms with Crippen molar-refractivity contribution in [2.75, 3.05) is 6.61 Å². The molecule has 0 amide bonds. The smallest absolute Gasteiger partial charge is 0.137 e. The van der Waals surface area contributed by atoms with Crippen molar-refractivity contribution >= 4 is 6.21 Å². The van der Waals surface area contributed by atoms with Gasteiger partial charge in [-0.05, 0) is 18.9 Å². The minimum Gasteiger partial charge on any atom is -0.492 e. The summed E-state index contributed by atoms with van der Waals surface area (Å²) in [6.07, 6.45) is 2.96. The topological polar surface area (TPSA) is 33.1 Å². The van der Waals surface area contributed by atoms with Crippen LogP contribution >= 0.6 is 0 Å². The summed E-state index contributed by atoms with van der Waals surface area (Å²) in [5, 5.41) is 7.04. The van der Waals surface area contributed by atoms with Crippen LogP contribution in [0, 0.1) is 11.3 Å². The summed E-state index contributed by atoms with van der Waals surface area (Å²) in [7, 11) is 0. The third-order valence-corrected chi connectivity index (χ3v) is 1.11. The third kappa shape index (κ3) is 5.71. The molecular formula is C10H17NO. The van der Waals surface area contributed by atoms with Crippen molar-refractivity contribution in [3.63, 3.8) is 0 Å². The number of hydrogen-bond donors (Lipinski definition) is 1. The second kappa shape index (κ2) is 5.58. The lowest BCUT2D eigenvalue weighted by Crippen LogP contribution is -2.02. The predicted octanol–water partition coefficient (Wildman–Crippen LogP) is 2.77. The van der Waals surface area contributed by atoms with Gasteiger partial charge in [-0.1, -0.05) is 26.0 Å². The summed E-state index contributed by atoms with van der Waals surface area (Å²) in [6.45, 7) is 10.4. The highest BCUT2D eigenvalue weighted by atomic mass is 16.5. The fourth-order valence-electron chi connectivity index (χ4n) is 0.631. The molecule has 0 bridgehead atoms. The first-order valence-electron chi connectivity index (χ1n) is 4.06. The molecule has 68 valence electrons. The number of nitrogens with one attached hydrogen (secondary N) is 1. The Morgan fingerprint density at radius 2 is 2.17 bits per heavy atom. The Kier molecular flexibility index (Phi) is 5.09. The molecule has 0 aliphatic rings. The molecule has 12 heavy (non-hydrogen) atoms. The van der Waals surface area contributed by atoms with Gasteiger partial charge in [0.1, 0.15) is 5.76 Å². The van der Waals surface area contributed by atoms with E-state index in [1.165, 1.54) is 6.21 Å². The second-order valence-corrected chi connectivity index (χ2v) is 3.24. The molecule has 0 heterocycles. The average molecular weight is 167 g/mol. The molecule has 0 unspecified atom stereocenters. The van der Waals surface area contributed by atoms with Crippen LogP contribution in [0.4, 0.5) is 0 Å². The molecule has 0 atom stereocenters. The van der Waals surface area contributed by atoms with Gasteiger partial charge >= 0.3 is 0 Å². The van der Waals surface area contributed by atoms with Crippen molar-refractivity contribution < 1.29 is 4.74 Å². The highest BCUT2D eigenvalue weighted by Crippen LogP contribution is 2.02. The maximum absolute atomic E-state index is 7.04. The van der Waals surface area contributed by atoms with Gasteiger partial charge in [0.05, 0.1) is 12.8 Å². The number of ether oxygens (including phenoxy) is 1. The van der Waals surface area contributed by atoms with E-state index in [1.807, 2.05) is 6.92 Å². The van der Waals surface area contributed by atoms with Crippen molar-refractivity contribution in [1.82, 2.24) is 0 Å². The highest BCUT2D eigenvalue weighted by molar-refractivity contribution is 5.73. The van der Waals surface area contributed by atoms with Crippen LogP contribution in [0.15, 0.2) is 24.0 Å². The van der Waals surface area contributed by atoms with Crippen molar-refractivity contribution in [2.45, 2.75) is 20.8 Å². The minimum atomic E-state index is 0.485. The Morgan fingerprint density at radius 3 is 2.50 bits per heavy atom. The first-order valence-corrected chi connectivity index (χ1v) is 4.06. The van der Waals surface area contributed by atoms with Crippen LogP contribution in [0.25, 0.3) is 0 Å². The molecule has 0 radical (unpaired) electrons. The molecule has 0 aromatic rings. The van der Waals surface area contributed by atoms with Gasteiger partial charge in [0, 0.05) is 0 Å². The van der Waals surface area contributed by atoms with Gasteiger partial charge in [-0.2, -0.15) is 0 Å². The Labute approximate surface area is 74.4 Å². The number of rotatable bonds is 5. The summed E-state index contributed by atoms with van der Waals surface area (Å²) in [6, 6.07) is 0. The zero-order valence-electron chi connectivity index (χ0n) is 8.05. The molecule has 2 nitrogen and oxygen atoms in total. The molecule has 1 N–H and O–H groups in total. The van der Waals surface area contributed by atoms with Gasteiger partial charge in [0.2, 0.25) is 0 Å². The van der Waals surface area contributed by atoms with Crippen molar-refractivity contribution in [1.29, 1.82) is 5.41 Å². The molecule has 0 fully saturated rings. The molecule has 0 aliphatic carbocycles. The van der Waals surface area contributed by atoms with E-state index in [-0.39, 0.29) is 0 Å². The van der Waals surface area contributed by atoms with Gasteiger partial charge in [-0.15, -0.1) is 0 Å². The van der Waals surface area contributed by atoms with E-state index >= 15 is 0 Å². The maximum Gasteiger partial charge on any atom is 0.137 e. The monoisotopic (exact) mass is 167 g/mol. The minimum absolute atomic E-state index is 0.485. The van der Waals surface area contributed by atoms with E-state index in [1.54, 1.807) is 6.08 Å². The van der Waals surface area contributed by atoms with E-state index in [0.29, 0.717) is 18.3 Å². The Bertz CT molecular complexity index is 192. The molecule has 0 rings (SSSR count). The van der Waals surface area contributed by atoms with E-state index in [9.17, 15) is 0 Å². The molecule has 2 heteroatoms. The fraction of sp³-hybridized carbons (Fsp3) is 0.500. The first-order chi connectivity index (χ1) is 5.56. The lowest BCUT2D eigenvalue weighted by atomic mass is 10.2. The van der Waals surface area contributed by atoms with Gasteiger partial charge in [0.15, 0.2) is 0 Å². The van der Waals surface area contributed by atoms with Crippen LogP contribution in [0.1, 0.15) is 20.8 Å². The van der Waals surface area contributed by atoms with Crippen LogP contribution in [0.3, 0.4) is 0 Å². The van der Waals surface area contributed by atoms with Gasteiger partial charge < -0.3 is 10.1 Å². The largest absolute Gasteiger partial charge is 0.492 e. The lowest BCUT2D eigenvalue weighted by molar-refractivity contribution is 0.197. The number of hydrogen-bond acceptors (Lipinski definition) is 2. The summed E-state index contributed by atoms with van der Waals surface area (Å²) in [5.74, 6) is 1.06. The van der Waals surface area contributed by atoms with E-state index in [0.717, 1.165) is 5.57 Å². The van der Waals surface area contributed by atoms with Crippen LogP contribution in [-0.2, 0) is 4.74 Å². The third-order valence-electron chi connectivity index (χ3n) is 1.11. The Balaban J connectivity index is 4.00. The molecule has 0 aromatic heterocycles. The normalized spacial score (nSPS) is 11.5. The highest BCUT2D eigenvalue weighted by Gasteiger charge is 1.96. The van der Waals surface area contributed by atoms with Crippen LogP contribution in [0.5, 0.6) is 0 Å².